The number of carbonyl (C=O) groups is 1. The first-order valence-corrected chi connectivity index (χ1v) is 5.99. The summed E-state index contributed by atoms with van der Waals surface area (Å²) in [5.74, 6) is 0. The summed E-state index contributed by atoms with van der Waals surface area (Å²) < 4.78 is 5.19. The molecule has 0 aromatic heterocycles. The standard InChI is InChI=1S/C12H15ClN2O2/c13-11-4-2-1-3-10(11)9-14-12(16)15-5-7-17-8-6-15/h1-4H,5-9H2,(H,14,16). The Kier molecular flexibility index (Phi) is 4.23. The lowest BCUT2D eigenvalue weighted by atomic mass is 10.2. The first kappa shape index (κ1) is 12.2. The van der Waals surface area contributed by atoms with Crippen LogP contribution < -0.4 is 5.32 Å². The van der Waals surface area contributed by atoms with Gasteiger partial charge in [-0.2, -0.15) is 0 Å². The van der Waals surface area contributed by atoms with E-state index >= 15 is 0 Å². The van der Waals surface area contributed by atoms with Crippen LogP contribution >= 0.6 is 11.6 Å². The highest BCUT2D eigenvalue weighted by Gasteiger charge is 2.16. The fourth-order valence-electron chi connectivity index (χ4n) is 1.69. The molecule has 1 fully saturated rings. The molecule has 1 saturated heterocycles. The van der Waals surface area contributed by atoms with E-state index in [2.05, 4.69) is 5.32 Å². The van der Waals surface area contributed by atoms with Gasteiger partial charge >= 0.3 is 6.03 Å². The number of carbonyl (C=O) groups excluding carboxylic acids is 1. The number of benzene rings is 1. The third-order valence-corrected chi connectivity index (χ3v) is 3.05. The zero-order valence-electron chi connectivity index (χ0n) is 9.49. The number of hydrogen-bond acceptors (Lipinski definition) is 2. The topological polar surface area (TPSA) is 41.6 Å². The largest absolute Gasteiger partial charge is 0.378 e. The van der Waals surface area contributed by atoms with Gasteiger partial charge in [0, 0.05) is 24.7 Å². The van der Waals surface area contributed by atoms with E-state index < -0.39 is 0 Å². The molecule has 0 bridgehead atoms. The van der Waals surface area contributed by atoms with E-state index in [9.17, 15) is 4.79 Å². The molecule has 1 aliphatic heterocycles. The fourth-order valence-corrected chi connectivity index (χ4v) is 1.89. The van der Waals surface area contributed by atoms with E-state index in [1.165, 1.54) is 0 Å². The lowest BCUT2D eigenvalue weighted by molar-refractivity contribution is 0.0531. The van der Waals surface area contributed by atoms with Crippen molar-refractivity contribution in [3.05, 3.63) is 34.9 Å². The molecule has 0 atom stereocenters. The number of rotatable bonds is 2. The van der Waals surface area contributed by atoms with Gasteiger partial charge in [-0.05, 0) is 11.6 Å². The van der Waals surface area contributed by atoms with Gasteiger partial charge in [-0.15, -0.1) is 0 Å². The van der Waals surface area contributed by atoms with Crippen molar-refractivity contribution >= 4 is 17.6 Å². The highest BCUT2D eigenvalue weighted by molar-refractivity contribution is 6.31. The zero-order valence-corrected chi connectivity index (χ0v) is 10.2. The van der Waals surface area contributed by atoms with Crippen molar-refractivity contribution in [2.45, 2.75) is 6.54 Å². The maximum absolute atomic E-state index is 11.8. The van der Waals surface area contributed by atoms with Crippen molar-refractivity contribution in [2.24, 2.45) is 0 Å². The summed E-state index contributed by atoms with van der Waals surface area (Å²) in [5.41, 5.74) is 0.927. The molecule has 2 amide bonds. The van der Waals surface area contributed by atoms with Gasteiger partial charge in [0.2, 0.25) is 0 Å². The third kappa shape index (κ3) is 3.35. The molecular weight excluding hydrogens is 240 g/mol. The second-order valence-electron chi connectivity index (χ2n) is 3.85. The van der Waals surface area contributed by atoms with Gasteiger partial charge in [0.05, 0.1) is 13.2 Å². The molecule has 2 rings (SSSR count). The summed E-state index contributed by atoms with van der Waals surface area (Å²) in [6.45, 7) is 2.97. The second-order valence-corrected chi connectivity index (χ2v) is 4.26. The molecule has 92 valence electrons. The Hall–Kier alpha value is -1.26. The quantitative estimate of drug-likeness (QED) is 0.876. The van der Waals surface area contributed by atoms with Crippen molar-refractivity contribution < 1.29 is 9.53 Å². The minimum atomic E-state index is -0.0618. The number of nitrogens with zero attached hydrogens (tertiary/aromatic N) is 1. The molecule has 1 aromatic carbocycles. The van der Waals surface area contributed by atoms with Crippen LogP contribution in [-0.2, 0) is 11.3 Å². The molecule has 5 heteroatoms. The molecule has 1 aliphatic rings. The number of nitrogens with one attached hydrogen (secondary N) is 1. The average molecular weight is 255 g/mol. The maximum Gasteiger partial charge on any atom is 0.317 e. The molecule has 1 aromatic rings. The summed E-state index contributed by atoms with van der Waals surface area (Å²) >= 11 is 6.01. The Labute approximate surface area is 106 Å². The van der Waals surface area contributed by atoms with Crippen LogP contribution in [0.5, 0.6) is 0 Å². The molecule has 0 unspecified atom stereocenters. The Balaban J connectivity index is 1.85. The van der Waals surface area contributed by atoms with Crippen LogP contribution in [0.25, 0.3) is 0 Å². The van der Waals surface area contributed by atoms with Crippen LogP contribution in [0.15, 0.2) is 24.3 Å². The Morgan fingerprint density at radius 1 is 1.35 bits per heavy atom. The van der Waals surface area contributed by atoms with Gasteiger partial charge in [-0.3, -0.25) is 0 Å². The van der Waals surface area contributed by atoms with Gasteiger partial charge in [-0.25, -0.2) is 4.79 Å². The molecule has 17 heavy (non-hydrogen) atoms. The van der Waals surface area contributed by atoms with E-state index in [-0.39, 0.29) is 6.03 Å². The number of amides is 2. The highest BCUT2D eigenvalue weighted by Crippen LogP contribution is 2.14. The fraction of sp³-hybridized carbons (Fsp3) is 0.417. The number of hydrogen-bond donors (Lipinski definition) is 1. The number of ether oxygens (including phenoxy) is 1. The van der Waals surface area contributed by atoms with Crippen molar-refractivity contribution in [2.75, 3.05) is 26.3 Å². The van der Waals surface area contributed by atoms with Crippen molar-refractivity contribution in [1.82, 2.24) is 10.2 Å². The van der Waals surface area contributed by atoms with Crippen LogP contribution in [0, 0.1) is 0 Å². The number of urea groups is 1. The van der Waals surface area contributed by atoms with Gasteiger partial charge in [0.25, 0.3) is 0 Å². The van der Waals surface area contributed by atoms with Crippen molar-refractivity contribution in [3.63, 3.8) is 0 Å². The first-order chi connectivity index (χ1) is 8.27. The Bertz CT molecular complexity index is 392. The molecule has 0 spiro atoms. The molecule has 0 radical (unpaired) electrons. The Morgan fingerprint density at radius 2 is 2.06 bits per heavy atom. The minimum absolute atomic E-state index is 0.0618. The van der Waals surface area contributed by atoms with Crippen LogP contribution in [0.2, 0.25) is 5.02 Å². The summed E-state index contributed by atoms with van der Waals surface area (Å²) in [7, 11) is 0. The third-order valence-electron chi connectivity index (χ3n) is 2.69. The van der Waals surface area contributed by atoms with E-state index in [1.807, 2.05) is 24.3 Å². The van der Waals surface area contributed by atoms with Crippen molar-refractivity contribution in [3.8, 4) is 0 Å². The van der Waals surface area contributed by atoms with Gasteiger partial charge in [0.1, 0.15) is 0 Å². The number of halogens is 1. The van der Waals surface area contributed by atoms with Gasteiger partial charge in [0.15, 0.2) is 0 Å². The first-order valence-electron chi connectivity index (χ1n) is 5.61. The second kappa shape index (κ2) is 5.89. The predicted molar refractivity (Wildman–Crippen MR) is 66.1 cm³/mol. The lowest BCUT2D eigenvalue weighted by Gasteiger charge is -2.27. The maximum atomic E-state index is 11.8. The zero-order chi connectivity index (χ0) is 12.1. The summed E-state index contributed by atoms with van der Waals surface area (Å²) in [4.78, 5) is 13.5. The molecule has 0 saturated carbocycles. The highest BCUT2D eigenvalue weighted by atomic mass is 35.5. The van der Waals surface area contributed by atoms with E-state index in [1.54, 1.807) is 4.90 Å². The van der Waals surface area contributed by atoms with E-state index in [0.29, 0.717) is 37.9 Å². The minimum Gasteiger partial charge on any atom is -0.378 e. The molecule has 1 heterocycles. The summed E-state index contributed by atoms with van der Waals surface area (Å²) in [6, 6.07) is 7.44. The van der Waals surface area contributed by atoms with E-state index in [4.69, 9.17) is 16.3 Å². The number of morpholine rings is 1. The van der Waals surface area contributed by atoms with Crippen LogP contribution in [0.1, 0.15) is 5.56 Å². The van der Waals surface area contributed by atoms with Gasteiger partial charge in [-0.1, -0.05) is 29.8 Å². The van der Waals surface area contributed by atoms with E-state index in [0.717, 1.165) is 5.56 Å². The van der Waals surface area contributed by atoms with Crippen molar-refractivity contribution in [1.29, 1.82) is 0 Å². The van der Waals surface area contributed by atoms with Gasteiger partial charge < -0.3 is 15.0 Å². The summed E-state index contributed by atoms with van der Waals surface area (Å²) in [5, 5.41) is 3.53. The SMILES string of the molecule is O=C(NCc1ccccc1Cl)N1CCOCC1. The van der Waals surface area contributed by atoms with Crippen LogP contribution in [0.3, 0.4) is 0 Å². The molecule has 1 N–H and O–H groups in total. The summed E-state index contributed by atoms with van der Waals surface area (Å²) in [6.07, 6.45) is 0. The molecular formula is C12H15ClN2O2. The Morgan fingerprint density at radius 3 is 2.76 bits per heavy atom. The molecule has 4 nitrogen and oxygen atoms in total. The monoisotopic (exact) mass is 254 g/mol. The van der Waals surface area contributed by atoms with Crippen LogP contribution in [-0.4, -0.2) is 37.2 Å². The predicted octanol–water partition coefficient (Wildman–Crippen LogP) is 1.88. The lowest BCUT2D eigenvalue weighted by Crippen LogP contribution is -2.45. The van der Waals surface area contributed by atoms with Crippen LogP contribution in [0.4, 0.5) is 4.79 Å². The average Bonchev–Trinajstić information content (AvgIpc) is 2.38. The smallest absolute Gasteiger partial charge is 0.317 e. The normalized spacial score (nSPS) is 15.7. The molecule has 0 aliphatic carbocycles.